The zero-order valence-electron chi connectivity index (χ0n) is 42.9. The molecule has 73 heavy (non-hydrogen) atoms. The number of β-amino-alcohol motifs (C(OH)–C–C–N with tert-alkyl or cyclic N) is 1. The minimum absolute atomic E-state index is 0.0912. The van der Waals surface area contributed by atoms with Crippen molar-refractivity contribution in [3.63, 3.8) is 0 Å². The topological polar surface area (TPSA) is 419 Å². The highest BCUT2D eigenvalue weighted by Crippen LogP contribution is 2.18. The summed E-state index contributed by atoms with van der Waals surface area (Å²) in [5.41, 5.74) is 16.4. The number of aliphatic hydroxyl groups is 1. The van der Waals surface area contributed by atoms with Crippen LogP contribution >= 0.6 is 0 Å². The Hall–Kier alpha value is -6.03. The molecule has 27 heteroatoms. The van der Waals surface area contributed by atoms with Crippen molar-refractivity contribution in [3.8, 4) is 0 Å². The van der Waals surface area contributed by atoms with Crippen LogP contribution < -0.4 is 70.4 Å². The highest BCUT2D eigenvalue weighted by molar-refractivity contribution is 5.97. The number of likely N-dealkylation sites (tertiary alicyclic amines) is 1. The van der Waals surface area contributed by atoms with Crippen molar-refractivity contribution >= 4 is 65.0 Å². The molecule has 2 saturated heterocycles. The molecule has 0 spiro atoms. The molecule has 0 aromatic heterocycles. The fourth-order valence-corrected chi connectivity index (χ4v) is 7.94. The average molecular weight is 1040 g/mol. The van der Waals surface area contributed by atoms with E-state index in [4.69, 9.17) is 21.9 Å². The number of nitrogens with zero attached hydrogens (tertiary/aromatic N) is 1. The van der Waals surface area contributed by atoms with Gasteiger partial charge in [0.25, 0.3) is 0 Å². The third-order valence-corrected chi connectivity index (χ3v) is 11.7. The lowest BCUT2D eigenvalue weighted by Crippen LogP contribution is -2.57. The molecule has 27 nitrogen and oxygen atoms in total. The molecule has 2 heterocycles. The van der Waals surface area contributed by atoms with Crippen LogP contribution in [0.4, 0.5) is 0 Å². The van der Waals surface area contributed by atoms with Crippen molar-refractivity contribution in [1.29, 1.82) is 0 Å². The van der Waals surface area contributed by atoms with E-state index >= 15 is 0 Å². The molecule has 414 valence electrons. The molecule has 0 aromatic carbocycles. The van der Waals surface area contributed by atoms with Gasteiger partial charge in [-0.2, -0.15) is 0 Å². The number of nitrogens with two attached hydrogens (primary N) is 3. The number of carbonyl (C=O) groups excluding carboxylic acids is 11. The summed E-state index contributed by atoms with van der Waals surface area (Å²) in [5, 5.41) is 35.5. The molecule has 2 aliphatic rings. The summed E-state index contributed by atoms with van der Waals surface area (Å²) in [6.45, 7) is 8.87. The first-order valence-corrected chi connectivity index (χ1v) is 25.1. The number of aliphatic hydroxyl groups excluding tert-OH is 1. The second-order valence-electron chi connectivity index (χ2n) is 19.1. The molecule has 2 fully saturated rings. The van der Waals surface area contributed by atoms with Gasteiger partial charge in [0.1, 0.15) is 36.3 Å². The van der Waals surface area contributed by atoms with Gasteiger partial charge in [0.2, 0.25) is 65.0 Å². The van der Waals surface area contributed by atoms with Crippen molar-refractivity contribution in [2.45, 2.75) is 147 Å². The van der Waals surface area contributed by atoms with Gasteiger partial charge in [-0.3, -0.25) is 52.7 Å². The first kappa shape index (κ1) is 63.1. The summed E-state index contributed by atoms with van der Waals surface area (Å²) < 4.78 is 5.30. The Morgan fingerprint density at radius 3 is 1.84 bits per heavy atom. The van der Waals surface area contributed by atoms with E-state index in [1.807, 2.05) is 0 Å². The molecule has 11 amide bonds. The van der Waals surface area contributed by atoms with E-state index in [-0.39, 0.29) is 70.2 Å². The summed E-state index contributed by atoms with van der Waals surface area (Å²) in [6.07, 6.45) is 1.50. The lowest BCUT2D eigenvalue weighted by molar-refractivity contribution is -0.140. The van der Waals surface area contributed by atoms with Crippen LogP contribution in [0.25, 0.3) is 0 Å². The molecule has 0 aliphatic carbocycles. The number of unbranched alkanes of at least 4 members (excludes halogenated alkanes) is 1. The van der Waals surface area contributed by atoms with Crippen LogP contribution in [-0.4, -0.2) is 189 Å². The molecule has 0 aromatic rings. The van der Waals surface area contributed by atoms with E-state index in [2.05, 4.69) is 53.2 Å². The van der Waals surface area contributed by atoms with Gasteiger partial charge >= 0.3 is 0 Å². The van der Waals surface area contributed by atoms with Crippen molar-refractivity contribution in [1.82, 2.24) is 58.1 Å². The molecule has 8 atom stereocenters. The van der Waals surface area contributed by atoms with Crippen molar-refractivity contribution in [2.75, 3.05) is 65.6 Å². The Kier molecular flexibility index (Phi) is 29.1. The van der Waals surface area contributed by atoms with E-state index in [9.17, 15) is 57.8 Å². The molecule has 0 bridgehead atoms. The second-order valence-corrected chi connectivity index (χ2v) is 19.1. The number of amides is 11. The van der Waals surface area contributed by atoms with E-state index < -0.39 is 133 Å². The maximum absolute atomic E-state index is 13.5. The molecule has 0 saturated carbocycles. The first-order valence-electron chi connectivity index (χ1n) is 25.1. The second kappa shape index (κ2) is 33.6. The van der Waals surface area contributed by atoms with Crippen LogP contribution in [0.2, 0.25) is 0 Å². The zero-order valence-corrected chi connectivity index (χ0v) is 42.9. The summed E-state index contributed by atoms with van der Waals surface area (Å²) in [7, 11) is 0. The fraction of sp³-hybridized carbons (Fsp3) is 0.761. The molecular formula is C46H82N14O13. The highest BCUT2D eigenvalue weighted by atomic mass is 16.5. The standard InChI is InChI=1S/C46H82N14O13/c1-26(2)19-33(59-44(70)31(11-12-36(49)62)56-37(63)23-52-42(68)32-21-29(61)22-51-32)43(69)53-24-38(64)57-34(20-27(3)4)45(71)55-28(5)40(66)54-25-39(65)60-16-8-10-35(60)46(72)58-30(9-6-7-13-47)41(67)50-15-18-73-17-14-48/h26-35,51,61H,6-25,47-48H2,1-5H3,(H2,49,62)(H,50,67)(H,52,68)(H,53,69)(H,54,66)(H,55,71)(H,56,63)(H,57,64)(H,58,72)(H,59,70)/t28-,29+,30-,31-,32-,33-,34-,35-/m0/s1. The number of ether oxygens (including phenoxy) is 1. The lowest BCUT2D eigenvalue weighted by atomic mass is 10.0. The van der Waals surface area contributed by atoms with Gasteiger partial charge in [-0.15, -0.1) is 0 Å². The Bertz CT molecular complexity index is 1870. The highest BCUT2D eigenvalue weighted by Gasteiger charge is 2.37. The number of rotatable bonds is 34. The summed E-state index contributed by atoms with van der Waals surface area (Å²) >= 11 is 0. The van der Waals surface area contributed by atoms with Gasteiger partial charge in [-0.1, -0.05) is 27.7 Å². The predicted molar refractivity (Wildman–Crippen MR) is 265 cm³/mol. The maximum atomic E-state index is 13.5. The van der Waals surface area contributed by atoms with Gasteiger partial charge < -0.3 is 85.1 Å². The molecule has 0 radical (unpaired) electrons. The number of primary amides is 1. The van der Waals surface area contributed by atoms with Gasteiger partial charge in [-0.05, 0) is 83.1 Å². The van der Waals surface area contributed by atoms with Crippen molar-refractivity contribution < 1.29 is 62.6 Å². The van der Waals surface area contributed by atoms with Crippen molar-refractivity contribution in [2.24, 2.45) is 29.0 Å². The van der Waals surface area contributed by atoms with Gasteiger partial charge in [0.05, 0.1) is 45.0 Å². The van der Waals surface area contributed by atoms with Gasteiger partial charge in [0, 0.05) is 32.6 Å². The number of hydrogen-bond acceptors (Lipinski definition) is 16. The van der Waals surface area contributed by atoms with Crippen LogP contribution in [0.15, 0.2) is 0 Å². The number of hydrogen-bond donors (Lipinski definition) is 14. The number of nitrogens with one attached hydrogen (secondary N) is 10. The SMILES string of the molecule is CC(C)C[C@H](NC(=O)CNC(=O)[C@H](CC(C)C)NC(=O)[C@H](CCC(N)=O)NC(=O)CNC(=O)[C@@H]1C[C@@H](O)CN1)C(=O)N[C@@H](C)C(=O)NCC(=O)N1CCC[C@H]1C(=O)N[C@@H](CCCCN)C(=O)NCCOCCN. The van der Waals surface area contributed by atoms with Gasteiger partial charge in [0.15, 0.2) is 0 Å². The predicted octanol–water partition coefficient (Wildman–Crippen LogP) is -5.93. The normalized spacial score (nSPS) is 18.3. The summed E-state index contributed by atoms with van der Waals surface area (Å²) in [4.78, 5) is 145. The van der Waals surface area contributed by atoms with E-state index in [1.54, 1.807) is 27.7 Å². The Morgan fingerprint density at radius 1 is 0.644 bits per heavy atom. The van der Waals surface area contributed by atoms with Crippen LogP contribution in [-0.2, 0) is 57.5 Å². The van der Waals surface area contributed by atoms with E-state index in [1.165, 1.54) is 11.8 Å². The van der Waals surface area contributed by atoms with Crippen LogP contribution in [0, 0.1) is 11.8 Å². The monoisotopic (exact) mass is 1040 g/mol. The molecule has 2 rings (SSSR count). The first-order chi connectivity index (χ1) is 34.6. The largest absolute Gasteiger partial charge is 0.392 e. The Labute approximate surface area is 426 Å². The molecule has 17 N–H and O–H groups in total. The van der Waals surface area contributed by atoms with Crippen LogP contribution in [0.1, 0.15) is 98.8 Å². The third-order valence-electron chi connectivity index (χ3n) is 11.7. The van der Waals surface area contributed by atoms with E-state index in [0.717, 1.165) is 0 Å². The minimum atomic E-state index is -1.35. The fourth-order valence-electron chi connectivity index (χ4n) is 7.94. The Morgan fingerprint density at radius 2 is 1.23 bits per heavy atom. The average Bonchev–Trinajstić information content (AvgIpc) is 4.01. The van der Waals surface area contributed by atoms with E-state index in [0.29, 0.717) is 51.8 Å². The smallest absolute Gasteiger partial charge is 0.243 e. The van der Waals surface area contributed by atoms with Crippen molar-refractivity contribution in [3.05, 3.63) is 0 Å². The molecular weight excluding hydrogens is 957 g/mol. The zero-order chi connectivity index (χ0) is 54.6. The third kappa shape index (κ3) is 24.5. The summed E-state index contributed by atoms with van der Waals surface area (Å²) in [6, 6.07) is -7.39. The van der Waals surface area contributed by atoms with Gasteiger partial charge in [-0.25, -0.2) is 0 Å². The van der Waals surface area contributed by atoms with Crippen LogP contribution in [0.5, 0.6) is 0 Å². The minimum Gasteiger partial charge on any atom is -0.392 e. The number of carbonyl (C=O) groups is 11. The molecule has 0 unspecified atom stereocenters. The summed E-state index contributed by atoms with van der Waals surface area (Å²) in [5.74, 6) is -7.67. The quantitative estimate of drug-likeness (QED) is 0.0267. The van der Waals surface area contributed by atoms with Crippen LogP contribution in [0.3, 0.4) is 0 Å². The maximum Gasteiger partial charge on any atom is 0.243 e. The molecule has 2 aliphatic heterocycles. The Balaban J connectivity index is 1.98. The lowest BCUT2D eigenvalue weighted by Gasteiger charge is -2.27.